The van der Waals surface area contributed by atoms with Crippen LogP contribution in [0.15, 0.2) is 18.2 Å². The first-order valence-electron chi connectivity index (χ1n) is 5.53. The van der Waals surface area contributed by atoms with Crippen LogP contribution in [0.25, 0.3) is 0 Å². The molecule has 104 valence electrons. The van der Waals surface area contributed by atoms with Gasteiger partial charge in [-0.1, -0.05) is 6.07 Å². The molecule has 1 aromatic rings. The van der Waals surface area contributed by atoms with E-state index in [2.05, 4.69) is 0 Å². The fraction of sp³-hybridized carbons (Fsp3) is 0.417. The van der Waals surface area contributed by atoms with Gasteiger partial charge in [0.1, 0.15) is 0 Å². The van der Waals surface area contributed by atoms with Crippen molar-refractivity contribution in [2.24, 2.45) is 11.7 Å². The summed E-state index contributed by atoms with van der Waals surface area (Å²) >= 11 is 0. The van der Waals surface area contributed by atoms with Gasteiger partial charge in [0, 0.05) is 17.0 Å². The van der Waals surface area contributed by atoms with Crippen LogP contribution in [-0.2, 0) is 12.1 Å². The van der Waals surface area contributed by atoms with Gasteiger partial charge in [-0.3, -0.25) is 4.79 Å². The SMILES string of the molecule is NC(=O)c1cc(C(F)(F)F)ccc1C(F)(F)C1CC1. The van der Waals surface area contributed by atoms with E-state index >= 15 is 0 Å². The van der Waals surface area contributed by atoms with Crippen molar-refractivity contribution in [3.63, 3.8) is 0 Å². The zero-order chi connectivity index (χ0) is 14.4. The summed E-state index contributed by atoms with van der Waals surface area (Å²) in [5.74, 6) is -5.54. The van der Waals surface area contributed by atoms with Crippen LogP contribution in [0.2, 0.25) is 0 Å². The van der Waals surface area contributed by atoms with E-state index in [1.807, 2.05) is 0 Å². The van der Waals surface area contributed by atoms with Gasteiger partial charge in [-0.2, -0.15) is 13.2 Å². The first-order chi connectivity index (χ1) is 8.64. The molecule has 1 amide bonds. The number of hydrogen-bond donors (Lipinski definition) is 1. The second-order valence-corrected chi connectivity index (χ2v) is 4.52. The number of carbonyl (C=O) groups excluding carboxylic acids is 1. The van der Waals surface area contributed by atoms with Gasteiger partial charge in [0.25, 0.3) is 5.92 Å². The lowest BCUT2D eigenvalue weighted by Crippen LogP contribution is -2.24. The van der Waals surface area contributed by atoms with Crippen molar-refractivity contribution >= 4 is 5.91 Å². The van der Waals surface area contributed by atoms with Crippen molar-refractivity contribution in [2.45, 2.75) is 24.9 Å². The molecule has 0 atom stereocenters. The number of amides is 1. The van der Waals surface area contributed by atoms with Crippen molar-refractivity contribution < 1.29 is 26.7 Å². The molecule has 0 unspecified atom stereocenters. The van der Waals surface area contributed by atoms with E-state index < -0.39 is 40.6 Å². The van der Waals surface area contributed by atoms with Crippen molar-refractivity contribution in [1.29, 1.82) is 0 Å². The highest BCUT2D eigenvalue weighted by Crippen LogP contribution is 2.50. The number of nitrogens with two attached hydrogens (primary N) is 1. The maximum Gasteiger partial charge on any atom is 0.416 e. The lowest BCUT2D eigenvalue weighted by molar-refractivity contribution is -0.137. The van der Waals surface area contributed by atoms with Crippen LogP contribution in [-0.4, -0.2) is 5.91 Å². The molecule has 0 heterocycles. The van der Waals surface area contributed by atoms with E-state index in [0.717, 1.165) is 0 Å². The van der Waals surface area contributed by atoms with Gasteiger partial charge in [-0.15, -0.1) is 0 Å². The largest absolute Gasteiger partial charge is 0.416 e. The quantitative estimate of drug-likeness (QED) is 0.847. The van der Waals surface area contributed by atoms with E-state index in [1.54, 1.807) is 0 Å². The van der Waals surface area contributed by atoms with Crippen LogP contribution in [0.1, 0.15) is 34.3 Å². The molecule has 1 saturated carbocycles. The molecule has 0 radical (unpaired) electrons. The molecule has 19 heavy (non-hydrogen) atoms. The summed E-state index contributed by atoms with van der Waals surface area (Å²) < 4.78 is 65.3. The Bertz CT molecular complexity index is 519. The van der Waals surface area contributed by atoms with E-state index in [1.165, 1.54) is 0 Å². The summed E-state index contributed by atoms with van der Waals surface area (Å²) in [7, 11) is 0. The number of hydrogen-bond acceptors (Lipinski definition) is 1. The van der Waals surface area contributed by atoms with Crippen molar-refractivity contribution in [3.05, 3.63) is 34.9 Å². The van der Waals surface area contributed by atoms with E-state index in [9.17, 15) is 26.7 Å². The second-order valence-electron chi connectivity index (χ2n) is 4.52. The number of alkyl halides is 5. The molecular weight excluding hydrogens is 269 g/mol. The van der Waals surface area contributed by atoms with Crippen molar-refractivity contribution in [2.75, 3.05) is 0 Å². The number of primary amides is 1. The minimum absolute atomic E-state index is 0.284. The summed E-state index contributed by atoms with van der Waals surface area (Å²) in [5.41, 5.74) is 2.24. The molecule has 0 bridgehead atoms. The molecule has 2 nitrogen and oxygen atoms in total. The first-order valence-corrected chi connectivity index (χ1v) is 5.53. The average molecular weight is 279 g/mol. The standard InChI is InChI=1S/C12H10F5NO/c13-11(14,6-1-2-6)9-4-3-7(12(15,16)17)5-8(9)10(18)19/h3-6H,1-2H2,(H2,18,19). The molecule has 1 aromatic carbocycles. The minimum Gasteiger partial charge on any atom is -0.366 e. The average Bonchev–Trinajstić information content (AvgIpc) is 3.10. The van der Waals surface area contributed by atoms with Gasteiger partial charge in [-0.05, 0) is 25.0 Å². The fourth-order valence-corrected chi connectivity index (χ4v) is 1.88. The van der Waals surface area contributed by atoms with E-state index in [0.29, 0.717) is 18.2 Å². The highest BCUT2D eigenvalue weighted by Gasteiger charge is 2.49. The Morgan fingerprint density at radius 2 is 1.74 bits per heavy atom. The Labute approximate surface area is 105 Å². The van der Waals surface area contributed by atoms with Crippen LogP contribution >= 0.6 is 0 Å². The normalized spacial score (nSPS) is 16.5. The van der Waals surface area contributed by atoms with Crippen LogP contribution in [0, 0.1) is 5.92 Å². The number of carbonyl (C=O) groups is 1. The Hall–Kier alpha value is -1.66. The fourth-order valence-electron chi connectivity index (χ4n) is 1.88. The molecule has 0 aliphatic heterocycles. The Morgan fingerprint density at radius 3 is 2.16 bits per heavy atom. The third-order valence-electron chi connectivity index (χ3n) is 3.06. The summed E-state index contributed by atoms with van der Waals surface area (Å²) in [6, 6.07) is 1.56. The molecule has 2 rings (SSSR count). The summed E-state index contributed by atoms with van der Waals surface area (Å²) in [6.07, 6.45) is -4.14. The maximum atomic E-state index is 13.9. The highest BCUT2D eigenvalue weighted by atomic mass is 19.4. The van der Waals surface area contributed by atoms with Gasteiger partial charge in [0.2, 0.25) is 5.91 Å². The predicted molar refractivity (Wildman–Crippen MR) is 56.6 cm³/mol. The minimum atomic E-state index is -4.71. The molecule has 7 heteroatoms. The zero-order valence-electron chi connectivity index (χ0n) is 9.60. The number of rotatable bonds is 3. The molecule has 1 fully saturated rings. The van der Waals surface area contributed by atoms with Crippen LogP contribution < -0.4 is 5.73 Å². The van der Waals surface area contributed by atoms with Crippen molar-refractivity contribution in [1.82, 2.24) is 0 Å². The Morgan fingerprint density at radius 1 is 1.16 bits per heavy atom. The maximum absolute atomic E-state index is 13.9. The van der Waals surface area contributed by atoms with Crippen molar-refractivity contribution in [3.8, 4) is 0 Å². The molecule has 0 aromatic heterocycles. The molecule has 2 N–H and O–H groups in total. The van der Waals surface area contributed by atoms with E-state index in [-0.39, 0.29) is 12.8 Å². The number of benzene rings is 1. The van der Waals surface area contributed by atoms with Crippen LogP contribution in [0.4, 0.5) is 22.0 Å². The Kier molecular flexibility index (Phi) is 3.03. The molecular formula is C12H10F5NO. The van der Waals surface area contributed by atoms with Crippen LogP contribution in [0.5, 0.6) is 0 Å². The Balaban J connectivity index is 2.53. The lowest BCUT2D eigenvalue weighted by atomic mass is 9.95. The zero-order valence-corrected chi connectivity index (χ0v) is 9.60. The molecule has 0 saturated heterocycles. The lowest BCUT2D eigenvalue weighted by Gasteiger charge is -2.19. The summed E-state index contributed by atoms with van der Waals surface area (Å²) in [4.78, 5) is 11.1. The second kappa shape index (κ2) is 4.18. The third kappa shape index (κ3) is 2.54. The summed E-state index contributed by atoms with van der Waals surface area (Å²) in [5, 5.41) is 0. The molecule has 0 spiro atoms. The predicted octanol–water partition coefficient (Wildman–Crippen LogP) is 3.31. The van der Waals surface area contributed by atoms with E-state index in [4.69, 9.17) is 5.73 Å². The van der Waals surface area contributed by atoms with Gasteiger partial charge >= 0.3 is 6.18 Å². The topological polar surface area (TPSA) is 43.1 Å². The van der Waals surface area contributed by atoms with Crippen LogP contribution in [0.3, 0.4) is 0 Å². The monoisotopic (exact) mass is 279 g/mol. The molecule has 1 aliphatic rings. The number of halogens is 5. The van der Waals surface area contributed by atoms with Gasteiger partial charge < -0.3 is 5.73 Å². The first kappa shape index (κ1) is 13.8. The van der Waals surface area contributed by atoms with Gasteiger partial charge in [0.15, 0.2) is 0 Å². The highest BCUT2D eigenvalue weighted by molar-refractivity contribution is 5.94. The van der Waals surface area contributed by atoms with Gasteiger partial charge in [-0.25, -0.2) is 8.78 Å². The summed E-state index contributed by atoms with van der Waals surface area (Å²) in [6.45, 7) is 0. The molecule has 1 aliphatic carbocycles. The third-order valence-corrected chi connectivity index (χ3v) is 3.06. The smallest absolute Gasteiger partial charge is 0.366 e. The van der Waals surface area contributed by atoms with Gasteiger partial charge in [0.05, 0.1) is 5.56 Å².